The molecule has 1 amide bonds. The van der Waals surface area contributed by atoms with Crippen molar-refractivity contribution >= 4 is 33.1 Å². The average molecular weight is 481 g/mol. The maximum absolute atomic E-state index is 14.1. The number of alkyl halides is 3. The molecule has 34 heavy (non-hydrogen) atoms. The number of aromatic nitrogens is 7. The number of anilines is 1. The van der Waals surface area contributed by atoms with Crippen LogP contribution in [0.3, 0.4) is 0 Å². The minimum atomic E-state index is -4.89. The van der Waals surface area contributed by atoms with Crippen LogP contribution in [0.2, 0.25) is 0 Å². The van der Waals surface area contributed by atoms with E-state index in [1.54, 1.807) is 11.4 Å². The van der Waals surface area contributed by atoms with Crippen LogP contribution in [0.5, 0.6) is 0 Å². The van der Waals surface area contributed by atoms with Crippen LogP contribution in [0.15, 0.2) is 54.6 Å². The molecule has 168 valence electrons. The number of rotatable bonds is 4. The Balaban J connectivity index is 1.53. The second-order valence-corrected chi connectivity index (χ2v) is 7.66. The number of nitriles is 1. The number of halogens is 3. The molecule has 1 N–H and O–H groups in total. The van der Waals surface area contributed by atoms with Crippen LogP contribution in [-0.4, -0.2) is 40.6 Å². The van der Waals surface area contributed by atoms with Crippen LogP contribution in [0, 0.1) is 11.3 Å². The van der Waals surface area contributed by atoms with Crippen LogP contribution in [-0.2, 0) is 6.18 Å². The summed E-state index contributed by atoms with van der Waals surface area (Å²) in [6, 6.07) is 6.19. The Morgan fingerprint density at radius 2 is 1.88 bits per heavy atom. The first-order valence-corrected chi connectivity index (χ1v) is 10.3. The molecule has 0 saturated heterocycles. The zero-order valence-electron chi connectivity index (χ0n) is 16.7. The summed E-state index contributed by atoms with van der Waals surface area (Å²) in [7, 11) is 0. The highest BCUT2D eigenvalue weighted by Gasteiger charge is 2.41. The average Bonchev–Trinajstić information content (AvgIpc) is 3.58. The molecular weight excluding hydrogens is 471 g/mol. The lowest BCUT2D eigenvalue weighted by Gasteiger charge is -2.13. The minimum absolute atomic E-state index is 0.0115. The Labute approximate surface area is 191 Å². The first-order chi connectivity index (χ1) is 16.4. The number of nitrogens with zero attached hydrogens (tertiary/aromatic N) is 8. The number of amides is 1. The molecule has 0 fully saturated rings. The van der Waals surface area contributed by atoms with Crippen molar-refractivity contribution in [2.45, 2.75) is 6.18 Å². The number of carbonyl (C=O) groups is 1. The van der Waals surface area contributed by atoms with Gasteiger partial charge in [-0.3, -0.25) is 4.79 Å². The van der Waals surface area contributed by atoms with Crippen molar-refractivity contribution in [3.05, 3.63) is 71.4 Å². The number of nitrogens with one attached hydrogen (secondary N) is 1. The molecule has 0 spiro atoms. The van der Waals surface area contributed by atoms with E-state index in [0.717, 1.165) is 11.0 Å². The smallest absolute Gasteiger partial charge is 0.320 e. The van der Waals surface area contributed by atoms with E-state index < -0.39 is 23.3 Å². The Kier molecular flexibility index (Phi) is 5.02. The normalized spacial score (nSPS) is 11.5. The maximum Gasteiger partial charge on any atom is 0.434 e. The van der Waals surface area contributed by atoms with Gasteiger partial charge in [0.15, 0.2) is 11.5 Å². The van der Waals surface area contributed by atoms with Crippen LogP contribution >= 0.6 is 11.3 Å². The molecule has 5 aromatic rings. The molecular formula is C20H10F3N9OS. The van der Waals surface area contributed by atoms with Crippen LogP contribution < -0.4 is 5.32 Å². The molecule has 0 atom stereocenters. The second kappa shape index (κ2) is 8.05. The molecule has 5 heterocycles. The second-order valence-electron chi connectivity index (χ2n) is 6.77. The number of fused-ring (bicyclic) bond motifs is 1. The topological polar surface area (TPSA) is 127 Å². The van der Waals surface area contributed by atoms with E-state index in [1.807, 2.05) is 6.07 Å². The summed E-state index contributed by atoms with van der Waals surface area (Å²) in [6.07, 6.45) is 1.30. The van der Waals surface area contributed by atoms with Gasteiger partial charge in [0.1, 0.15) is 16.5 Å². The molecule has 14 heteroatoms. The lowest BCUT2D eigenvalue weighted by atomic mass is 10.2. The fourth-order valence-electron chi connectivity index (χ4n) is 3.31. The van der Waals surface area contributed by atoms with Crippen molar-refractivity contribution in [1.29, 1.82) is 5.26 Å². The fraction of sp³-hybridized carbons (Fsp3) is 0.0500. The van der Waals surface area contributed by atoms with Gasteiger partial charge in [0, 0.05) is 11.6 Å². The summed E-state index contributed by atoms with van der Waals surface area (Å²) < 4.78 is 42.8. The SMILES string of the molecule is N#Cc1cc(NC(=O)c2cnn(-c3ccnc4sccc34)c2C(F)(F)F)cnc1-n1nccn1. The van der Waals surface area contributed by atoms with E-state index in [0.29, 0.717) is 14.9 Å². The van der Waals surface area contributed by atoms with Gasteiger partial charge in [-0.2, -0.15) is 33.7 Å². The summed E-state index contributed by atoms with van der Waals surface area (Å²) >= 11 is 1.27. The quantitative estimate of drug-likeness (QED) is 0.415. The summed E-state index contributed by atoms with van der Waals surface area (Å²) in [5.41, 5.74) is -1.76. The Morgan fingerprint density at radius 1 is 1.09 bits per heavy atom. The first-order valence-electron chi connectivity index (χ1n) is 9.43. The van der Waals surface area contributed by atoms with Gasteiger partial charge in [0.05, 0.1) is 41.7 Å². The molecule has 5 aromatic heterocycles. The van der Waals surface area contributed by atoms with Gasteiger partial charge >= 0.3 is 6.18 Å². The van der Waals surface area contributed by atoms with E-state index in [4.69, 9.17) is 0 Å². The van der Waals surface area contributed by atoms with E-state index >= 15 is 0 Å². The third-order valence-corrected chi connectivity index (χ3v) is 5.53. The van der Waals surface area contributed by atoms with Gasteiger partial charge < -0.3 is 5.32 Å². The summed E-state index contributed by atoms with van der Waals surface area (Å²) in [5.74, 6) is -0.961. The van der Waals surface area contributed by atoms with Gasteiger partial charge in [-0.1, -0.05) is 0 Å². The van der Waals surface area contributed by atoms with Gasteiger partial charge in [0.25, 0.3) is 5.91 Å². The van der Waals surface area contributed by atoms with Crippen LogP contribution in [0.1, 0.15) is 21.6 Å². The van der Waals surface area contributed by atoms with Crippen LogP contribution in [0.25, 0.3) is 21.7 Å². The third-order valence-electron chi connectivity index (χ3n) is 4.71. The molecule has 0 aliphatic rings. The molecule has 0 radical (unpaired) electrons. The lowest BCUT2D eigenvalue weighted by molar-refractivity contribution is -0.143. The predicted molar refractivity (Wildman–Crippen MR) is 114 cm³/mol. The van der Waals surface area contributed by atoms with E-state index in [9.17, 15) is 23.2 Å². The van der Waals surface area contributed by atoms with Crippen molar-refractivity contribution in [3.8, 4) is 17.6 Å². The maximum atomic E-state index is 14.1. The van der Waals surface area contributed by atoms with Crippen molar-refractivity contribution in [2.75, 3.05) is 5.32 Å². The molecule has 0 aliphatic heterocycles. The number of hydrogen-bond donors (Lipinski definition) is 1. The van der Waals surface area contributed by atoms with Crippen molar-refractivity contribution in [3.63, 3.8) is 0 Å². The van der Waals surface area contributed by atoms with E-state index in [-0.39, 0.29) is 22.8 Å². The highest BCUT2D eigenvalue weighted by molar-refractivity contribution is 7.16. The number of pyridine rings is 2. The zero-order chi connectivity index (χ0) is 23.9. The van der Waals surface area contributed by atoms with Gasteiger partial charge in [0.2, 0.25) is 0 Å². The number of hydrogen-bond acceptors (Lipinski definition) is 8. The Bertz CT molecular complexity index is 1560. The Hall–Kier alpha value is -4.64. The standard InChI is InChI=1S/C20H10F3N9OS/c21-20(22,23)16-14(10-29-31(16)15-1-3-25-19-13(15)2-6-34-19)18(33)30-12-7-11(8-24)17(26-9-12)32-27-4-5-28-32/h1-7,9-10H,(H,30,33). The minimum Gasteiger partial charge on any atom is -0.320 e. The zero-order valence-corrected chi connectivity index (χ0v) is 17.5. The number of thiophene rings is 1. The Morgan fingerprint density at radius 3 is 2.62 bits per heavy atom. The van der Waals surface area contributed by atoms with Gasteiger partial charge in [-0.15, -0.1) is 16.1 Å². The van der Waals surface area contributed by atoms with Gasteiger partial charge in [-0.05, 0) is 23.6 Å². The monoisotopic (exact) mass is 481 g/mol. The summed E-state index contributed by atoms with van der Waals surface area (Å²) in [5, 5.41) is 25.5. The molecule has 10 nitrogen and oxygen atoms in total. The fourth-order valence-corrected chi connectivity index (χ4v) is 4.06. The van der Waals surface area contributed by atoms with Gasteiger partial charge in [-0.25, -0.2) is 14.6 Å². The lowest BCUT2D eigenvalue weighted by Crippen LogP contribution is -2.21. The molecule has 0 aromatic carbocycles. The molecule has 0 unspecified atom stereocenters. The summed E-state index contributed by atoms with van der Waals surface area (Å²) in [4.78, 5) is 22.7. The molecule has 0 aliphatic carbocycles. The van der Waals surface area contributed by atoms with Crippen molar-refractivity contribution in [2.24, 2.45) is 0 Å². The first kappa shape index (κ1) is 21.2. The van der Waals surface area contributed by atoms with Crippen molar-refractivity contribution < 1.29 is 18.0 Å². The van der Waals surface area contributed by atoms with Crippen molar-refractivity contribution in [1.82, 2.24) is 34.7 Å². The molecule has 5 rings (SSSR count). The molecule has 0 saturated carbocycles. The largest absolute Gasteiger partial charge is 0.434 e. The van der Waals surface area contributed by atoms with E-state index in [1.165, 1.54) is 48.3 Å². The van der Waals surface area contributed by atoms with Crippen LogP contribution in [0.4, 0.5) is 18.9 Å². The van der Waals surface area contributed by atoms with E-state index in [2.05, 4.69) is 30.6 Å². The molecule has 0 bridgehead atoms. The highest BCUT2D eigenvalue weighted by atomic mass is 32.1. The predicted octanol–water partition coefficient (Wildman–Crippen LogP) is 3.60. The number of carbonyl (C=O) groups excluding carboxylic acids is 1. The third kappa shape index (κ3) is 3.63. The summed E-state index contributed by atoms with van der Waals surface area (Å²) in [6.45, 7) is 0. The highest BCUT2D eigenvalue weighted by Crippen LogP contribution is 2.36.